The summed E-state index contributed by atoms with van der Waals surface area (Å²) >= 11 is 0. The van der Waals surface area contributed by atoms with Crippen molar-refractivity contribution in [2.45, 2.75) is 95.3 Å². The summed E-state index contributed by atoms with van der Waals surface area (Å²) in [5, 5.41) is 2.14. The lowest BCUT2D eigenvalue weighted by atomic mass is 9.93. The molecular weight excluding hydrogens is 761 g/mol. The highest BCUT2D eigenvalue weighted by atomic mass is 32.2. The van der Waals surface area contributed by atoms with Gasteiger partial charge in [-0.25, -0.2) is 25.4 Å². The van der Waals surface area contributed by atoms with Gasteiger partial charge in [-0.2, -0.15) is 0 Å². The van der Waals surface area contributed by atoms with Crippen molar-refractivity contribution in [1.29, 1.82) is 0 Å². The predicted molar refractivity (Wildman–Crippen MR) is 235 cm³/mol. The van der Waals surface area contributed by atoms with Gasteiger partial charge in [-0.05, 0) is 127 Å². The third kappa shape index (κ3) is 13.1. The van der Waals surface area contributed by atoms with Crippen molar-refractivity contribution in [1.82, 2.24) is 28.4 Å². The zero-order chi connectivity index (χ0) is 42.0. The number of rotatable bonds is 26. The maximum Gasteiger partial charge on any atom is 0.218 e. The smallest absolute Gasteiger partial charge is 0.218 e. The van der Waals surface area contributed by atoms with Gasteiger partial charge in [0.15, 0.2) is 0 Å². The van der Waals surface area contributed by atoms with Crippen LogP contribution in [0, 0.1) is 0 Å². The van der Waals surface area contributed by atoms with Crippen LogP contribution in [0.15, 0.2) is 48.8 Å². The largest absolute Gasteiger partial charge is 0.375 e. The number of ether oxygens (including phenoxy) is 2. The summed E-state index contributed by atoms with van der Waals surface area (Å²) in [7, 11) is 4.32. The van der Waals surface area contributed by atoms with E-state index in [1.165, 1.54) is 19.7 Å². The van der Waals surface area contributed by atoms with Crippen molar-refractivity contribution in [3.63, 3.8) is 0 Å². The summed E-state index contributed by atoms with van der Waals surface area (Å²) in [5.74, 6) is -0.141. The zero-order valence-electron chi connectivity index (χ0n) is 36.3. The third-order valence-corrected chi connectivity index (χ3v) is 15.4. The molecular formula is C43H70N6O6S2. The van der Waals surface area contributed by atoms with E-state index in [1.807, 2.05) is 83.9 Å². The van der Waals surface area contributed by atoms with Crippen LogP contribution in [-0.4, -0.2) is 138 Å². The van der Waals surface area contributed by atoms with E-state index in [9.17, 15) is 16.8 Å². The van der Waals surface area contributed by atoms with Crippen molar-refractivity contribution in [2.75, 3.05) is 81.7 Å². The van der Waals surface area contributed by atoms with Gasteiger partial charge in [-0.15, -0.1) is 0 Å². The molecule has 2 aromatic heterocycles. The van der Waals surface area contributed by atoms with E-state index in [-0.39, 0.29) is 24.7 Å². The highest BCUT2D eigenvalue weighted by Gasteiger charge is 2.31. The minimum absolute atomic E-state index is 0.0632. The Balaban J connectivity index is 1.27. The molecule has 0 aliphatic rings. The molecule has 2 aromatic carbocycles. The Morgan fingerprint density at radius 3 is 1.51 bits per heavy atom. The first-order valence-electron chi connectivity index (χ1n) is 20.5. The van der Waals surface area contributed by atoms with Crippen LogP contribution in [0.4, 0.5) is 0 Å². The number of benzene rings is 2. The second-order valence-corrected chi connectivity index (χ2v) is 20.7. The Labute approximate surface area is 343 Å². The van der Waals surface area contributed by atoms with Gasteiger partial charge >= 0.3 is 0 Å². The van der Waals surface area contributed by atoms with Gasteiger partial charge in [0.1, 0.15) is 0 Å². The van der Waals surface area contributed by atoms with E-state index in [4.69, 9.17) is 9.47 Å². The Bertz CT molecular complexity index is 2090. The molecule has 0 saturated heterocycles. The molecule has 0 bridgehead atoms. The second-order valence-electron chi connectivity index (χ2n) is 16.5. The van der Waals surface area contributed by atoms with E-state index in [0.29, 0.717) is 26.0 Å². The normalized spacial score (nSPS) is 14.3. The minimum atomic E-state index is -3.57. The number of nitrogens with one attached hydrogen (secondary N) is 2. The summed E-state index contributed by atoms with van der Waals surface area (Å²) in [4.78, 5) is 10.9. The summed E-state index contributed by atoms with van der Waals surface area (Å²) in [5.41, 5.74) is 4.93. The maximum atomic E-state index is 13.5. The number of likely N-dealkylation sites (N-methyl/N-ethyl adjacent to an activating group) is 3. The Morgan fingerprint density at radius 1 is 0.596 bits per heavy atom. The fraction of sp³-hybridized carbons (Fsp3) is 0.628. The third-order valence-electron chi connectivity index (χ3n) is 11.8. The van der Waals surface area contributed by atoms with Gasteiger partial charge in [-0.1, -0.05) is 32.9 Å². The SMILES string of the molecule is CCC(C)(CCN(C)S(=O)(=O)Cc1ccc2[nH]cc(CCN(C)C)c2c1)OCCC(CC)(CC)OCCN(C)S(=O)(=O)Cc1ccc2[nH]cc(CCN(C)C)c2c1. The molecule has 14 heteroatoms. The van der Waals surface area contributed by atoms with Gasteiger partial charge in [0.25, 0.3) is 0 Å². The molecule has 0 saturated carbocycles. The van der Waals surface area contributed by atoms with Crippen LogP contribution in [0.1, 0.15) is 82.1 Å². The van der Waals surface area contributed by atoms with Crippen LogP contribution in [-0.2, 0) is 53.9 Å². The molecule has 2 N–H and O–H groups in total. The zero-order valence-corrected chi connectivity index (χ0v) is 37.9. The van der Waals surface area contributed by atoms with Crippen molar-refractivity contribution in [3.8, 4) is 0 Å². The molecule has 0 radical (unpaired) electrons. The van der Waals surface area contributed by atoms with Crippen molar-refractivity contribution in [2.24, 2.45) is 0 Å². The molecule has 0 fully saturated rings. The second kappa shape index (κ2) is 20.4. The van der Waals surface area contributed by atoms with Gasteiger partial charge in [-0.3, -0.25) is 0 Å². The van der Waals surface area contributed by atoms with Crippen molar-refractivity contribution in [3.05, 3.63) is 71.0 Å². The van der Waals surface area contributed by atoms with Gasteiger partial charge in [0.2, 0.25) is 20.0 Å². The molecule has 57 heavy (non-hydrogen) atoms. The molecule has 12 nitrogen and oxygen atoms in total. The number of sulfonamides is 2. The summed E-state index contributed by atoms with van der Waals surface area (Å²) < 4.78 is 69.7. The lowest BCUT2D eigenvalue weighted by Gasteiger charge is -2.36. The summed E-state index contributed by atoms with van der Waals surface area (Å²) in [6.07, 6.45) is 9.23. The van der Waals surface area contributed by atoms with Crippen LogP contribution in [0.5, 0.6) is 0 Å². The quantitative estimate of drug-likeness (QED) is 0.0723. The number of hydrogen-bond donors (Lipinski definition) is 2. The van der Waals surface area contributed by atoms with Crippen molar-refractivity contribution < 1.29 is 26.3 Å². The van der Waals surface area contributed by atoms with Gasteiger partial charge in [0.05, 0.1) is 35.9 Å². The average Bonchev–Trinajstić information content (AvgIpc) is 3.77. The fourth-order valence-electron chi connectivity index (χ4n) is 7.15. The topological polar surface area (TPSA) is 131 Å². The molecule has 0 spiro atoms. The lowest BCUT2D eigenvalue weighted by molar-refractivity contribution is -0.100. The van der Waals surface area contributed by atoms with E-state index in [0.717, 1.165) is 78.1 Å². The van der Waals surface area contributed by atoms with Crippen LogP contribution in [0.2, 0.25) is 0 Å². The Morgan fingerprint density at radius 2 is 1.07 bits per heavy atom. The first kappa shape index (κ1) is 46.9. The minimum Gasteiger partial charge on any atom is -0.375 e. The highest BCUT2D eigenvalue weighted by molar-refractivity contribution is 7.88. The van der Waals surface area contributed by atoms with E-state index in [1.54, 1.807) is 14.1 Å². The molecule has 0 amide bonds. The number of nitrogens with zero attached hydrogens (tertiary/aromatic N) is 4. The number of H-pyrrole nitrogens is 2. The molecule has 4 rings (SSSR count). The fourth-order valence-corrected chi connectivity index (χ4v) is 9.52. The first-order valence-corrected chi connectivity index (χ1v) is 23.7. The molecule has 1 atom stereocenters. The average molecular weight is 831 g/mol. The first-order chi connectivity index (χ1) is 26.8. The molecule has 1 unspecified atom stereocenters. The molecule has 0 aliphatic heterocycles. The monoisotopic (exact) mass is 830 g/mol. The predicted octanol–water partition coefficient (Wildman–Crippen LogP) is 6.62. The standard InChI is InChI=1S/C43H70N6O6S2/c1-11-42(4,20-24-48(9)56(50,51)32-34-14-16-40-38(28-34)36(30-44-40)18-22-46(5)6)54-26-21-43(12-2,13-3)55-27-25-49(10)57(52,53)33-35-15-17-41-39(29-35)37(31-45-41)19-23-47(7)8/h14-17,28-31,44-45H,11-13,18-27,32-33H2,1-10H3. The number of aromatic nitrogens is 2. The summed E-state index contributed by atoms with van der Waals surface area (Å²) in [6.45, 7) is 11.4. The van der Waals surface area contributed by atoms with E-state index >= 15 is 0 Å². The van der Waals surface area contributed by atoms with Gasteiger partial charge in [0, 0.05) is 74.5 Å². The summed E-state index contributed by atoms with van der Waals surface area (Å²) in [6, 6.07) is 11.7. The van der Waals surface area contributed by atoms with Crippen LogP contribution < -0.4 is 0 Å². The maximum absolute atomic E-state index is 13.5. The molecule has 320 valence electrons. The lowest BCUT2D eigenvalue weighted by Crippen LogP contribution is -2.40. The highest BCUT2D eigenvalue weighted by Crippen LogP contribution is 2.29. The molecule has 0 aliphatic carbocycles. The van der Waals surface area contributed by atoms with Gasteiger partial charge < -0.3 is 29.2 Å². The van der Waals surface area contributed by atoms with Crippen molar-refractivity contribution >= 4 is 41.9 Å². The number of hydrogen-bond acceptors (Lipinski definition) is 8. The van der Waals surface area contributed by atoms with E-state index in [2.05, 4.69) is 40.5 Å². The number of fused-ring (bicyclic) bond motifs is 2. The number of aromatic amines is 2. The van der Waals surface area contributed by atoms with Crippen LogP contribution in [0.25, 0.3) is 21.8 Å². The van der Waals surface area contributed by atoms with Crippen LogP contribution >= 0.6 is 0 Å². The Kier molecular flexibility index (Phi) is 16.8. The molecule has 2 heterocycles. The van der Waals surface area contributed by atoms with Crippen LogP contribution in [0.3, 0.4) is 0 Å². The molecule has 4 aromatic rings. The van der Waals surface area contributed by atoms with E-state index < -0.39 is 31.2 Å². The Hall–Kier alpha value is -2.82.